The zero-order chi connectivity index (χ0) is 16.5. The van der Waals surface area contributed by atoms with E-state index in [1.54, 1.807) is 0 Å². The molecule has 1 saturated heterocycles. The third-order valence-corrected chi connectivity index (χ3v) is 3.65. The zero-order valence-corrected chi connectivity index (χ0v) is 11.4. The number of likely N-dealkylation sites (tertiary alicyclic amines) is 1. The molecule has 0 unspecified atom stereocenters. The first kappa shape index (κ1) is 16.3. The second-order valence-corrected chi connectivity index (χ2v) is 5.10. The van der Waals surface area contributed by atoms with Gasteiger partial charge in [-0.15, -0.1) is 0 Å². The molecule has 1 N–H and O–H groups in total. The SMILES string of the molecule is O=C(O)C1CCN(C(=O)c2ccc(F)c(C(F)(F)F)c2)CC1. The van der Waals surface area contributed by atoms with Crippen molar-refractivity contribution in [2.45, 2.75) is 19.0 Å². The number of aliphatic carboxylic acids is 1. The molecule has 120 valence electrons. The Morgan fingerprint density at radius 2 is 1.77 bits per heavy atom. The van der Waals surface area contributed by atoms with Crippen LogP contribution in [0.25, 0.3) is 0 Å². The van der Waals surface area contributed by atoms with Gasteiger partial charge in [0.15, 0.2) is 0 Å². The molecule has 1 aliphatic heterocycles. The summed E-state index contributed by atoms with van der Waals surface area (Å²) in [6, 6.07) is 2.09. The van der Waals surface area contributed by atoms with Crippen molar-refractivity contribution in [2.75, 3.05) is 13.1 Å². The Morgan fingerprint density at radius 1 is 1.18 bits per heavy atom. The lowest BCUT2D eigenvalue weighted by Crippen LogP contribution is -2.40. The predicted octanol–water partition coefficient (Wildman–Crippen LogP) is 2.78. The van der Waals surface area contributed by atoms with Gasteiger partial charge in [-0.05, 0) is 31.0 Å². The van der Waals surface area contributed by atoms with Crippen LogP contribution < -0.4 is 0 Å². The van der Waals surface area contributed by atoms with Gasteiger partial charge in [0.25, 0.3) is 5.91 Å². The Hall–Kier alpha value is -2.12. The largest absolute Gasteiger partial charge is 0.481 e. The van der Waals surface area contributed by atoms with Crippen LogP contribution >= 0.6 is 0 Å². The van der Waals surface area contributed by atoms with Gasteiger partial charge < -0.3 is 10.0 Å². The summed E-state index contributed by atoms with van der Waals surface area (Å²) < 4.78 is 51.1. The lowest BCUT2D eigenvalue weighted by Gasteiger charge is -2.30. The van der Waals surface area contributed by atoms with Crippen molar-refractivity contribution in [3.8, 4) is 0 Å². The molecule has 1 amide bonds. The minimum Gasteiger partial charge on any atom is -0.481 e. The van der Waals surface area contributed by atoms with E-state index in [0.29, 0.717) is 12.1 Å². The minimum atomic E-state index is -4.88. The average molecular weight is 319 g/mol. The van der Waals surface area contributed by atoms with Gasteiger partial charge in [-0.3, -0.25) is 9.59 Å². The topological polar surface area (TPSA) is 57.6 Å². The molecular formula is C14H13F4NO3. The van der Waals surface area contributed by atoms with Crippen LogP contribution in [-0.2, 0) is 11.0 Å². The Balaban J connectivity index is 2.16. The van der Waals surface area contributed by atoms with E-state index in [-0.39, 0.29) is 31.5 Å². The molecular weight excluding hydrogens is 306 g/mol. The third-order valence-electron chi connectivity index (χ3n) is 3.65. The summed E-state index contributed by atoms with van der Waals surface area (Å²) in [4.78, 5) is 24.3. The maximum Gasteiger partial charge on any atom is 0.419 e. The third kappa shape index (κ3) is 3.37. The molecule has 0 aliphatic carbocycles. The van der Waals surface area contributed by atoms with Gasteiger partial charge in [-0.25, -0.2) is 4.39 Å². The number of hydrogen-bond donors (Lipinski definition) is 1. The number of carbonyl (C=O) groups is 2. The highest BCUT2D eigenvalue weighted by Crippen LogP contribution is 2.32. The molecule has 0 atom stereocenters. The molecule has 0 bridgehead atoms. The normalized spacial score (nSPS) is 16.6. The van der Waals surface area contributed by atoms with Crippen LogP contribution in [0.15, 0.2) is 18.2 Å². The van der Waals surface area contributed by atoms with Crippen LogP contribution in [0.2, 0.25) is 0 Å². The number of amides is 1. The van der Waals surface area contributed by atoms with Gasteiger partial charge in [0, 0.05) is 18.7 Å². The van der Waals surface area contributed by atoms with Crippen LogP contribution in [0.3, 0.4) is 0 Å². The van der Waals surface area contributed by atoms with Crippen LogP contribution in [0.4, 0.5) is 17.6 Å². The molecule has 8 heteroatoms. The van der Waals surface area contributed by atoms with E-state index in [2.05, 4.69) is 0 Å². The lowest BCUT2D eigenvalue weighted by atomic mass is 9.96. The van der Waals surface area contributed by atoms with E-state index >= 15 is 0 Å². The summed E-state index contributed by atoms with van der Waals surface area (Å²) in [6.45, 7) is 0.295. The monoisotopic (exact) mass is 319 g/mol. The fourth-order valence-electron chi connectivity index (χ4n) is 2.39. The molecule has 0 saturated carbocycles. The first-order valence-corrected chi connectivity index (χ1v) is 6.59. The molecule has 1 aromatic carbocycles. The van der Waals surface area contributed by atoms with Crippen LogP contribution in [0.1, 0.15) is 28.8 Å². The second-order valence-electron chi connectivity index (χ2n) is 5.10. The quantitative estimate of drug-likeness (QED) is 0.853. The van der Waals surface area contributed by atoms with Crippen molar-refractivity contribution in [3.05, 3.63) is 35.1 Å². The van der Waals surface area contributed by atoms with Crippen LogP contribution in [0, 0.1) is 11.7 Å². The summed E-state index contributed by atoms with van der Waals surface area (Å²) in [5, 5.41) is 8.87. The molecule has 1 heterocycles. The van der Waals surface area contributed by atoms with Crippen LogP contribution in [0.5, 0.6) is 0 Å². The maximum atomic E-state index is 13.2. The van der Waals surface area contributed by atoms with E-state index in [4.69, 9.17) is 5.11 Å². The van der Waals surface area contributed by atoms with Crippen molar-refractivity contribution in [3.63, 3.8) is 0 Å². The lowest BCUT2D eigenvalue weighted by molar-refractivity contribution is -0.143. The van der Waals surface area contributed by atoms with Crippen molar-refractivity contribution in [2.24, 2.45) is 5.92 Å². The van der Waals surface area contributed by atoms with Gasteiger partial charge in [0.2, 0.25) is 0 Å². The number of carboxylic acids is 1. The summed E-state index contributed by atoms with van der Waals surface area (Å²) in [5.41, 5.74) is -1.75. The van der Waals surface area contributed by atoms with Crippen LogP contribution in [-0.4, -0.2) is 35.0 Å². The van der Waals surface area contributed by atoms with Gasteiger partial charge in [-0.1, -0.05) is 0 Å². The highest BCUT2D eigenvalue weighted by atomic mass is 19.4. The number of benzene rings is 1. The summed E-state index contributed by atoms with van der Waals surface area (Å²) >= 11 is 0. The van der Waals surface area contributed by atoms with Gasteiger partial charge in [0.1, 0.15) is 5.82 Å². The molecule has 1 fully saturated rings. The number of hydrogen-bond acceptors (Lipinski definition) is 2. The number of rotatable bonds is 2. The van der Waals surface area contributed by atoms with Gasteiger partial charge in [-0.2, -0.15) is 13.2 Å². The molecule has 1 aliphatic rings. The Bertz CT molecular complexity index is 592. The number of carbonyl (C=O) groups excluding carboxylic acids is 1. The first-order chi connectivity index (χ1) is 10.2. The van der Waals surface area contributed by atoms with E-state index in [0.717, 1.165) is 6.07 Å². The van der Waals surface area contributed by atoms with Gasteiger partial charge in [0.05, 0.1) is 11.5 Å². The molecule has 0 spiro atoms. The summed E-state index contributed by atoms with van der Waals surface area (Å²) in [7, 11) is 0. The second kappa shape index (κ2) is 5.94. The molecule has 2 rings (SSSR count). The van der Waals surface area contributed by atoms with E-state index < -0.39 is 35.4 Å². The number of nitrogens with zero attached hydrogens (tertiary/aromatic N) is 1. The Kier molecular flexibility index (Phi) is 4.39. The van der Waals surface area contributed by atoms with E-state index in [9.17, 15) is 27.2 Å². The number of alkyl halides is 3. The number of carboxylic acid groups (broad SMARTS) is 1. The first-order valence-electron chi connectivity index (χ1n) is 6.59. The summed E-state index contributed by atoms with van der Waals surface area (Å²) in [5.74, 6) is -3.60. The fraction of sp³-hybridized carbons (Fsp3) is 0.429. The summed E-state index contributed by atoms with van der Waals surface area (Å²) in [6.07, 6.45) is -4.39. The molecule has 22 heavy (non-hydrogen) atoms. The zero-order valence-electron chi connectivity index (χ0n) is 11.4. The average Bonchev–Trinajstić information content (AvgIpc) is 2.46. The van der Waals surface area contributed by atoms with Crippen molar-refractivity contribution < 1.29 is 32.3 Å². The highest BCUT2D eigenvalue weighted by molar-refractivity contribution is 5.94. The van der Waals surface area contributed by atoms with Crippen molar-refractivity contribution in [1.82, 2.24) is 4.90 Å². The van der Waals surface area contributed by atoms with E-state index in [1.165, 1.54) is 4.90 Å². The fourth-order valence-corrected chi connectivity index (χ4v) is 2.39. The Labute approximate surface area is 123 Å². The molecule has 0 radical (unpaired) electrons. The standard InChI is InChI=1S/C14H13F4NO3/c15-11-2-1-9(7-10(11)14(16,17)18)12(20)19-5-3-8(4-6-19)13(21)22/h1-2,7-8H,3-6H2,(H,21,22). The Morgan fingerprint density at radius 3 is 2.27 bits per heavy atom. The highest BCUT2D eigenvalue weighted by Gasteiger charge is 2.35. The molecule has 0 aromatic heterocycles. The van der Waals surface area contributed by atoms with Crippen molar-refractivity contribution in [1.29, 1.82) is 0 Å². The maximum absolute atomic E-state index is 13.2. The molecule has 4 nitrogen and oxygen atoms in total. The smallest absolute Gasteiger partial charge is 0.419 e. The van der Waals surface area contributed by atoms with Gasteiger partial charge >= 0.3 is 12.1 Å². The molecule has 1 aromatic rings. The van der Waals surface area contributed by atoms with E-state index in [1.807, 2.05) is 0 Å². The minimum absolute atomic E-state index is 0.147. The number of piperidine rings is 1. The van der Waals surface area contributed by atoms with Crippen molar-refractivity contribution >= 4 is 11.9 Å². The number of halogens is 4. The predicted molar refractivity (Wildman–Crippen MR) is 67.7 cm³/mol.